The number of nitrogens with zero attached hydrogens (tertiary/aromatic N) is 3. The molecule has 1 aromatic heterocycles. The molecule has 1 unspecified atom stereocenters. The predicted octanol–water partition coefficient (Wildman–Crippen LogP) is 0.530. The zero-order valence-corrected chi connectivity index (χ0v) is 10.5. The van der Waals surface area contributed by atoms with Gasteiger partial charge in [-0.25, -0.2) is 4.98 Å². The summed E-state index contributed by atoms with van der Waals surface area (Å²) >= 11 is 0. The van der Waals surface area contributed by atoms with E-state index < -0.39 is 6.04 Å². The smallest absolute Gasteiger partial charge is 0.239 e. The van der Waals surface area contributed by atoms with E-state index >= 15 is 0 Å². The summed E-state index contributed by atoms with van der Waals surface area (Å²) in [5.74, 6) is 1.05. The Bertz CT molecular complexity index is 399. The topological polar surface area (TPSA) is 64.2 Å². The Balaban J connectivity index is 2.05. The van der Waals surface area contributed by atoms with Crippen LogP contribution in [-0.2, 0) is 11.3 Å². The van der Waals surface area contributed by atoms with Gasteiger partial charge in [0.25, 0.3) is 0 Å². The van der Waals surface area contributed by atoms with Crippen molar-refractivity contribution in [1.82, 2.24) is 14.5 Å². The largest absolute Gasteiger partial charge is 0.337 e. The summed E-state index contributed by atoms with van der Waals surface area (Å²) in [4.78, 5) is 18.1. The van der Waals surface area contributed by atoms with Gasteiger partial charge in [-0.3, -0.25) is 4.79 Å². The van der Waals surface area contributed by atoms with Gasteiger partial charge >= 0.3 is 0 Å². The van der Waals surface area contributed by atoms with Gasteiger partial charge in [-0.15, -0.1) is 0 Å². The van der Waals surface area contributed by atoms with Gasteiger partial charge in [0.1, 0.15) is 5.82 Å². The molecule has 1 aliphatic rings. The number of amides is 1. The van der Waals surface area contributed by atoms with Gasteiger partial charge < -0.3 is 15.2 Å². The molecule has 94 valence electrons. The molecule has 5 nitrogen and oxygen atoms in total. The highest BCUT2D eigenvalue weighted by Gasteiger charge is 2.30. The number of likely N-dealkylation sites (tertiary alicyclic amines) is 1. The molecule has 2 atom stereocenters. The van der Waals surface area contributed by atoms with Crippen molar-refractivity contribution in [1.29, 1.82) is 0 Å². The number of aryl methyl sites for hydroxylation is 1. The van der Waals surface area contributed by atoms with E-state index in [2.05, 4.69) is 9.55 Å². The molecular weight excluding hydrogens is 216 g/mol. The predicted molar refractivity (Wildman–Crippen MR) is 65.3 cm³/mol. The van der Waals surface area contributed by atoms with Crippen molar-refractivity contribution in [2.45, 2.75) is 45.3 Å². The average Bonchev–Trinajstić information content (AvgIpc) is 2.88. The molecule has 0 radical (unpaired) electrons. The van der Waals surface area contributed by atoms with Crippen LogP contribution in [-0.4, -0.2) is 39.0 Å². The number of hydrogen-bond acceptors (Lipinski definition) is 3. The number of carbonyl (C=O) groups is 1. The van der Waals surface area contributed by atoms with E-state index in [0.29, 0.717) is 0 Å². The molecule has 17 heavy (non-hydrogen) atoms. The van der Waals surface area contributed by atoms with Crippen molar-refractivity contribution in [3.63, 3.8) is 0 Å². The number of carbonyl (C=O) groups excluding carboxylic acids is 1. The van der Waals surface area contributed by atoms with Crippen LogP contribution in [0.15, 0.2) is 12.4 Å². The van der Waals surface area contributed by atoms with Crippen molar-refractivity contribution in [3.8, 4) is 0 Å². The Morgan fingerprint density at radius 1 is 1.71 bits per heavy atom. The van der Waals surface area contributed by atoms with Crippen molar-refractivity contribution < 1.29 is 4.79 Å². The first-order chi connectivity index (χ1) is 8.09. The fraction of sp³-hybridized carbons (Fsp3) is 0.667. The minimum absolute atomic E-state index is 0.0604. The van der Waals surface area contributed by atoms with Crippen molar-refractivity contribution in [2.24, 2.45) is 5.73 Å². The minimum Gasteiger partial charge on any atom is -0.337 e. The first-order valence-corrected chi connectivity index (χ1v) is 6.13. The van der Waals surface area contributed by atoms with E-state index in [1.807, 2.05) is 18.0 Å². The number of imidazole rings is 1. The lowest BCUT2D eigenvalue weighted by molar-refractivity contribution is -0.133. The molecule has 1 saturated heterocycles. The quantitative estimate of drug-likeness (QED) is 0.832. The first-order valence-electron chi connectivity index (χ1n) is 6.13. The summed E-state index contributed by atoms with van der Waals surface area (Å²) in [5, 5.41) is 0. The number of rotatable bonds is 3. The van der Waals surface area contributed by atoms with E-state index in [1.54, 1.807) is 13.1 Å². The maximum atomic E-state index is 11.9. The highest BCUT2D eigenvalue weighted by atomic mass is 16.2. The fourth-order valence-corrected chi connectivity index (χ4v) is 2.40. The van der Waals surface area contributed by atoms with Crippen LogP contribution in [0, 0.1) is 6.92 Å². The van der Waals surface area contributed by atoms with E-state index in [-0.39, 0.29) is 11.9 Å². The van der Waals surface area contributed by atoms with Crippen molar-refractivity contribution in [2.75, 3.05) is 6.54 Å². The molecule has 0 bridgehead atoms. The summed E-state index contributed by atoms with van der Waals surface area (Å²) in [6.07, 6.45) is 5.87. The molecule has 1 aromatic rings. The Kier molecular flexibility index (Phi) is 3.47. The van der Waals surface area contributed by atoms with Gasteiger partial charge in [-0.2, -0.15) is 0 Å². The Hall–Kier alpha value is -1.36. The molecule has 1 fully saturated rings. The van der Waals surface area contributed by atoms with Crippen LogP contribution in [0.3, 0.4) is 0 Å². The van der Waals surface area contributed by atoms with Crippen molar-refractivity contribution >= 4 is 5.91 Å². The zero-order chi connectivity index (χ0) is 12.4. The van der Waals surface area contributed by atoms with Crippen molar-refractivity contribution in [3.05, 3.63) is 18.2 Å². The number of aromatic nitrogens is 2. The van der Waals surface area contributed by atoms with Crippen LogP contribution in [0.25, 0.3) is 0 Å². The van der Waals surface area contributed by atoms with Gasteiger partial charge in [0.2, 0.25) is 5.91 Å². The zero-order valence-electron chi connectivity index (χ0n) is 10.5. The van der Waals surface area contributed by atoms with E-state index in [0.717, 1.165) is 31.8 Å². The summed E-state index contributed by atoms with van der Waals surface area (Å²) < 4.78 is 2.09. The molecule has 5 heteroatoms. The number of hydrogen-bond donors (Lipinski definition) is 1. The lowest BCUT2D eigenvalue weighted by atomic mass is 10.2. The second kappa shape index (κ2) is 4.87. The highest BCUT2D eigenvalue weighted by Crippen LogP contribution is 2.20. The second-order valence-electron chi connectivity index (χ2n) is 4.74. The van der Waals surface area contributed by atoms with Gasteiger partial charge in [0.15, 0.2) is 0 Å². The summed E-state index contributed by atoms with van der Waals surface area (Å²) in [6.45, 7) is 5.38. The minimum atomic E-state index is -0.403. The lowest BCUT2D eigenvalue weighted by Gasteiger charge is -2.26. The van der Waals surface area contributed by atoms with Crippen LogP contribution >= 0.6 is 0 Å². The molecule has 0 saturated carbocycles. The van der Waals surface area contributed by atoms with Crippen LogP contribution in [0.2, 0.25) is 0 Å². The third kappa shape index (κ3) is 2.49. The Morgan fingerprint density at radius 2 is 2.47 bits per heavy atom. The molecule has 2 N–H and O–H groups in total. The molecule has 1 aliphatic heterocycles. The van der Waals surface area contributed by atoms with Crippen LogP contribution < -0.4 is 5.73 Å². The summed E-state index contributed by atoms with van der Waals surface area (Å²) in [5.41, 5.74) is 5.67. The van der Waals surface area contributed by atoms with Gasteiger partial charge in [0, 0.05) is 31.5 Å². The van der Waals surface area contributed by atoms with Gasteiger partial charge in [-0.05, 0) is 26.7 Å². The molecule has 1 amide bonds. The molecule has 0 aromatic carbocycles. The molecule has 0 spiro atoms. The molecular formula is C12H20N4O. The lowest BCUT2D eigenvalue weighted by Crippen LogP contribution is -2.45. The van der Waals surface area contributed by atoms with E-state index in [1.165, 1.54) is 0 Å². The second-order valence-corrected chi connectivity index (χ2v) is 4.74. The fourth-order valence-electron chi connectivity index (χ4n) is 2.40. The number of nitrogens with two attached hydrogens (primary N) is 1. The normalized spacial score (nSPS) is 21.8. The molecule has 2 rings (SSSR count). The van der Waals surface area contributed by atoms with Crippen LogP contribution in [0.1, 0.15) is 25.6 Å². The molecule has 0 aliphatic carbocycles. The van der Waals surface area contributed by atoms with E-state index in [4.69, 9.17) is 5.73 Å². The van der Waals surface area contributed by atoms with Gasteiger partial charge in [0.05, 0.1) is 6.04 Å². The average molecular weight is 236 g/mol. The van der Waals surface area contributed by atoms with Crippen LogP contribution in [0.5, 0.6) is 0 Å². The Morgan fingerprint density at radius 3 is 3.06 bits per heavy atom. The standard InChI is InChI=1S/C12H20N4O/c1-9(13)12(17)16-6-3-4-11(16)8-15-7-5-14-10(15)2/h5,7,9,11H,3-4,6,8,13H2,1-2H3/t9-,11?/m1/s1. The third-order valence-electron chi connectivity index (χ3n) is 3.38. The summed E-state index contributed by atoms with van der Waals surface area (Å²) in [7, 11) is 0. The maximum absolute atomic E-state index is 11.9. The highest BCUT2D eigenvalue weighted by molar-refractivity contribution is 5.81. The molecule has 2 heterocycles. The third-order valence-corrected chi connectivity index (χ3v) is 3.38. The monoisotopic (exact) mass is 236 g/mol. The maximum Gasteiger partial charge on any atom is 0.239 e. The van der Waals surface area contributed by atoms with E-state index in [9.17, 15) is 4.79 Å². The first kappa shape index (κ1) is 12.1. The SMILES string of the molecule is Cc1nccn1CC1CCCN1C(=O)[C@@H](C)N. The Labute approximate surface area is 102 Å². The summed E-state index contributed by atoms with van der Waals surface area (Å²) in [6, 6.07) is -0.138. The van der Waals surface area contributed by atoms with Crippen LogP contribution in [0.4, 0.5) is 0 Å². The van der Waals surface area contributed by atoms with Gasteiger partial charge in [-0.1, -0.05) is 0 Å².